The van der Waals surface area contributed by atoms with Gasteiger partial charge in [0.25, 0.3) is 0 Å². The van der Waals surface area contributed by atoms with E-state index in [1.807, 2.05) is 6.92 Å². The van der Waals surface area contributed by atoms with Crippen LogP contribution in [0, 0.1) is 0 Å². The van der Waals surface area contributed by atoms with Crippen LogP contribution < -0.4 is 4.72 Å². The van der Waals surface area contributed by atoms with E-state index in [-0.39, 0.29) is 11.4 Å². The Morgan fingerprint density at radius 1 is 1.30 bits per heavy atom. The van der Waals surface area contributed by atoms with Crippen LogP contribution in [0.3, 0.4) is 0 Å². The second-order valence-electron chi connectivity index (χ2n) is 4.89. The molecule has 112 valence electrons. The van der Waals surface area contributed by atoms with Crippen molar-refractivity contribution in [2.45, 2.75) is 37.2 Å². The fourth-order valence-corrected chi connectivity index (χ4v) is 2.79. The normalized spacial score (nSPS) is 14.8. The maximum atomic E-state index is 12.0. The van der Waals surface area contributed by atoms with E-state index < -0.39 is 28.0 Å². The third kappa shape index (κ3) is 4.92. The molecule has 0 saturated heterocycles. The van der Waals surface area contributed by atoms with Crippen molar-refractivity contribution < 1.29 is 23.4 Å². The van der Waals surface area contributed by atoms with Crippen molar-refractivity contribution in [3.63, 3.8) is 0 Å². The maximum Gasteiger partial charge on any atom is 0.306 e. The van der Waals surface area contributed by atoms with Gasteiger partial charge in [-0.1, -0.05) is 19.1 Å². The molecular formula is C13H19NO5S. The first kappa shape index (κ1) is 16.6. The summed E-state index contributed by atoms with van der Waals surface area (Å²) in [7, 11) is -3.76. The number of nitrogens with one attached hydrogen (secondary N) is 1. The van der Waals surface area contributed by atoms with Crippen molar-refractivity contribution in [2.24, 2.45) is 0 Å². The van der Waals surface area contributed by atoms with Gasteiger partial charge in [0.2, 0.25) is 10.0 Å². The third-order valence-electron chi connectivity index (χ3n) is 2.82. The fraction of sp³-hybridized carbons (Fsp3) is 0.462. The van der Waals surface area contributed by atoms with Gasteiger partial charge in [-0.25, -0.2) is 13.1 Å². The Balaban J connectivity index is 2.76. The first-order chi connectivity index (χ1) is 9.16. The molecule has 0 aliphatic rings. The van der Waals surface area contributed by atoms with E-state index >= 15 is 0 Å². The van der Waals surface area contributed by atoms with Gasteiger partial charge in [-0.15, -0.1) is 0 Å². The zero-order valence-electron chi connectivity index (χ0n) is 11.5. The molecule has 1 atom stereocenters. The van der Waals surface area contributed by atoms with Crippen LogP contribution in [0.5, 0.6) is 0 Å². The number of aryl methyl sites for hydroxylation is 1. The molecule has 6 nitrogen and oxygen atoms in total. The number of carboxylic acid groups (broad SMARTS) is 1. The van der Waals surface area contributed by atoms with Crippen LogP contribution in [0.1, 0.15) is 25.8 Å². The Hall–Kier alpha value is -1.44. The van der Waals surface area contributed by atoms with E-state index in [1.165, 1.54) is 19.1 Å². The van der Waals surface area contributed by atoms with Gasteiger partial charge in [-0.3, -0.25) is 4.79 Å². The quantitative estimate of drug-likeness (QED) is 0.689. The summed E-state index contributed by atoms with van der Waals surface area (Å²) in [6, 6.07) is 6.38. The number of carboxylic acids is 1. The van der Waals surface area contributed by atoms with E-state index in [0.29, 0.717) is 0 Å². The lowest BCUT2D eigenvalue weighted by atomic mass is 10.0. The highest BCUT2D eigenvalue weighted by molar-refractivity contribution is 7.89. The van der Waals surface area contributed by atoms with Crippen LogP contribution in [0.2, 0.25) is 0 Å². The number of hydrogen-bond donors (Lipinski definition) is 3. The molecular weight excluding hydrogens is 282 g/mol. The highest BCUT2D eigenvalue weighted by Crippen LogP contribution is 2.13. The second kappa shape index (κ2) is 6.34. The van der Waals surface area contributed by atoms with E-state index in [2.05, 4.69) is 4.72 Å². The SMILES string of the molecule is CCc1ccc(S(=O)(=O)NCC(C)(O)CC(=O)O)cc1. The lowest BCUT2D eigenvalue weighted by Gasteiger charge is -2.21. The molecule has 3 N–H and O–H groups in total. The molecule has 7 heteroatoms. The van der Waals surface area contributed by atoms with Crippen molar-refractivity contribution in [2.75, 3.05) is 6.54 Å². The standard InChI is InChI=1S/C13H19NO5S/c1-3-10-4-6-11(7-5-10)20(18,19)14-9-13(2,17)8-12(15)16/h4-7,14,17H,3,8-9H2,1-2H3,(H,15,16). The van der Waals surface area contributed by atoms with Crippen molar-refractivity contribution >= 4 is 16.0 Å². The molecule has 0 amide bonds. The van der Waals surface area contributed by atoms with Crippen molar-refractivity contribution in [3.05, 3.63) is 29.8 Å². The topological polar surface area (TPSA) is 104 Å². The molecule has 0 aliphatic heterocycles. The van der Waals surface area contributed by atoms with E-state index in [1.54, 1.807) is 12.1 Å². The highest BCUT2D eigenvalue weighted by atomic mass is 32.2. The smallest absolute Gasteiger partial charge is 0.306 e. The van der Waals surface area contributed by atoms with E-state index in [4.69, 9.17) is 5.11 Å². The molecule has 0 saturated carbocycles. The van der Waals surface area contributed by atoms with Crippen LogP contribution in [0.4, 0.5) is 0 Å². The number of rotatable bonds is 7. The Bertz CT molecular complexity index is 563. The van der Waals surface area contributed by atoms with Crippen LogP contribution in [0.25, 0.3) is 0 Å². The summed E-state index contributed by atoms with van der Waals surface area (Å²) in [5.74, 6) is -1.19. The monoisotopic (exact) mass is 301 g/mol. The Labute approximate surface area is 118 Å². The van der Waals surface area contributed by atoms with Gasteiger partial charge in [-0.05, 0) is 31.0 Å². The Kier molecular flexibility index (Phi) is 5.27. The average Bonchev–Trinajstić information content (AvgIpc) is 2.35. The minimum Gasteiger partial charge on any atom is -0.481 e. The predicted octanol–water partition coefficient (Wildman–Crippen LogP) is 0.753. The van der Waals surface area contributed by atoms with Gasteiger partial charge in [0.1, 0.15) is 0 Å². The molecule has 0 spiro atoms. The minimum absolute atomic E-state index is 0.0841. The van der Waals surface area contributed by atoms with Gasteiger partial charge in [0, 0.05) is 6.54 Å². The Morgan fingerprint density at radius 2 is 1.85 bits per heavy atom. The van der Waals surface area contributed by atoms with E-state index in [9.17, 15) is 18.3 Å². The number of hydrogen-bond acceptors (Lipinski definition) is 4. The summed E-state index contributed by atoms with van der Waals surface area (Å²) in [4.78, 5) is 10.6. The van der Waals surface area contributed by atoms with Crippen molar-refractivity contribution in [1.82, 2.24) is 4.72 Å². The lowest BCUT2D eigenvalue weighted by molar-refractivity contribution is -0.141. The summed E-state index contributed by atoms with van der Waals surface area (Å²) >= 11 is 0. The number of aliphatic hydroxyl groups is 1. The number of aliphatic carboxylic acids is 1. The fourth-order valence-electron chi connectivity index (χ4n) is 1.63. The highest BCUT2D eigenvalue weighted by Gasteiger charge is 2.26. The van der Waals surface area contributed by atoms with Gasteiger partial charge < -0.3 is 10.2 Å². The molecule has 0 heterocycles. The summed E-state index contributed by atoms with van der Waals surface area (Å²) in [5.41, 5.74) is -0.621. The molecule has 0 bridgehead atoms. The molecule has 1 aromatic carbocycles. The zero-order valence-corrected chi connectivity index (χ0v) is 12.3. The third-order valence-corrected chi connectivity index (χ3v) is 4.23. The second-order valence-corrected chi connectivity index (χ2v) is 6.66. The molecule has 0 fully saturated rings. The van der Waals surface area contributed by atoms with Crippen LogP contribution in [-0.2, 0) is 21.2 Å². The number of carbonyl (C=O) groups is 1. The summed E-state index contributed by atoms with van der Waals surface area (Å²) in [5, 5.41) is 18.4. The molecule has 0 radical (unpaired) electrons. The lowest BCUT2D eigenvalue weighted by Crippen LogP contribution is -2.42. The summed E-state index contributed by atoms with van der Waals surface area (Å²) in [6.07, 6.45) is 0.269. The van der Waals surface area contributed by atoms with Crippen LogP contribution in [-0.4, -0.2) is 36.7 Å². The summed E-state index contributed by atoms with van der Waals surface area (Å²) < 4.78 is 26.2. The molecule has 1 rings (SSSR count). The van der Waals surface area contributed by atoms with Crippen molar-refractivity contribution in [3.8, 4) is 0 Å². The van der Waals surface area contributed by atoms with E-state index in [0.717, 1.165) is 12.0 Å². The maximum absolute atomic E-state index is 12.0. The zero-order chi connectivity index (χ0) is 15.4. The first-order valence-corrected chi connectivity index (χ1v) is 7.67. The first-order valence-electron chi connectivity index (χ1n) is 6.19. The van der Waals surface area contributed by atoms with Gasteiger partial charge >= 0.3 is 5.97 Å². The van der Waals surface area contributed by atoms with Gasteiger partial charge in [0.15, 0.2) is 0 Å². The largest absolute Gasteiger partial charge is 0.481 e. The molecule has 1 unspecified atom stereocenters. The molecule has 1 aromatic rings. The van der Waals surface area contributed by atoms with Crippen molar-refractivity contribution in [1.29, 1.82) is 0 Å². The van der Waals surface area contributed by atoms with Gasteiger partial charge in [-0.2, -0.15) is 0 Å². The number of sulfonamides is 1. The van der Waals surface area contributed by atoms with Crippen LogP contribution in [0.15, 0.2) is 29.2 Å². The average molecular weight is 301 g/mol. The van der Waals surface area contributed by atoms with Gasteiger partial charge in [0.05, 0.1) is 16.9 Å². The predicted molar refractivity (Wildman–Crippen MR) is 73.9 cm³/mol. The summed E-state index contributed by atoms with van der Waals surface area (Å²) in [6.45, 7) is 2.87. The molecule has 0 aliphatic carbocycles. The minimum atomic E-state index is -3.76. The number of benzene rings is 1. The molecule has 0 aromatic heterocycles. The Morgan fingerprint density at radius 3 is 2.30 bits per heavy atom. The van der Waals surface area contributed by atoms with Crippen LogP contribution >= 0.6 is 0 Å². The molecule has 20 heavy (non-hydrogen) atoms.